The van der Waals surface area contributed by atoms with Crippen LogP contribution in [0.3, 0.4) is 0 Å². The molecule has 3 aromatic rings. The summed E-state index contributed by atoms with van der Waals surface area (Å²) in [5.41, 5.74) is 0.528. The molecule has 7 nitrogen and oxygen atoms in total. The van der Waals surface area contributed by atoms with E-state index in [2.05, 4.69) is 0 Å². The Morgan fingerprint density at radius 1 is 1.11 bits per heavy atom. The summed E-state index contributed by atoms with van der Waals surface area (Å²) in [6.45, 7) is 0.617. The number of rotatable bonds is 2. The Morgan fingerprint density at radius 3 is 2.52 bits per heavy atom. The second kappa shape index (κ2) is 5.72. The molecule has 1 N–H and O–H groups in total. The first-order valence-electron chi connectivity index (χ1n) is 8.54. The first kappa shape index (κ1) is 17.4. The third-order valence-corrected chi connectivity index (χ3v) is 5.26. The van der Waals surface area contributed by atoms with Crippen LogP contribution in [0.2, 0.25) is 0 Å². The van der Waals surface area contributed by atoms with Crippen LogP contribution in [0.25, 0.3) is 21.7 Å². The van der Waals surface area contributed by atoms with Crippen molar-refractivity contribution in [1.29, 1.82) is 0 Å². The number of quaternary nitrogens is 1. The maximum absolute atomic E-state index is 13.2. The molecule has 0 unspecified atom stereocenters. The molecule has 7 heteroatoms. The number of carbonyl (C=O) groups is 1. The van der Waals surface area contributed by atoms with Crippen LogP contribution >= 0.6 is 0 Å². The van der Waals surface area contributed by atoms with E-state index < -0.39 is 5.63 Å². The molecule has 1 aliphatic rings. The molecule has 140 valence electrons. The number of hydrogen-bond acceptors (Lipinski definition) is 6. The van der Waals surface area contributed by atoms with Crippen molar-refractivity contribution in [3.8, 4) is 17.2 Å². The lowest BCUT2D eigenvalue weighted by Crippen LogP contribution is -2.50. The van der Waals surface area contributed by atoms with Gasteiger partial charge in [-0.1, -0.05) is 0 Å². The van der Waals surface area contributed by atoms with Crippen LogP contribution in [-0.2, 0) is 6.42 Å². The van der Waals surface area contributed by atoms with Gasteiger partial charge in [-0.05, 0) is 23.8 Å². The van der Waals surface area contributed by atoms with Crippen molar-refractivity contribution < 1.29 is 28.3 Å². The van der Waals surface area contributed by atoms with Gasteiger partial charge in [0.05, 0.1) is 51.2 Å². The minimum Gasteiger partial charge on any atom is -0.504 e. The highest BCUT2D eigenvalue weighted by Gasteiger charge is 2.38. The van der Waals surface area contributed by atoms with Crippen LogP contribution in [0.1, 0.15) is 15.9 Å². The van der Waals surface area contributed by atoms with Gasteiger partial charge in [-0.25, -0.2) is 9.59 Å². The molecule has 0 bridgehead atoms. The molecule has 0 spiro atoms. The summed E-state index contributed by atoms with van der Waals surface area (Å²) in [6, 6.07) is 4.70. The predicted octanol–water partition coefficient (Wildman–Crippen LogP) is 2.44. The summed E-state index contributed by atoms with van der Waals surface area (Å²) in [5, 5.41) is 11.5. The summed E-state index contributed by atoms with van der Waals surface area (Å²) in [6.07, 6.45) is 0.616. The summed E-state index contributed by atoms with van der Waals surface area (Å²) in [5.74, 6) is 0.462. The quantitative estimate of drug-likeness (QED) is 0.424. The third-order valence-electron chi connectivity index (χ3n) is 5.26. The SMILES string of the molecule is COc1ccc2c(=O)oc3c(O)cc4c(c3c2c1OC)C(=O)[N+](C)(C)CC4. The lowest BCUT2D eigenvalue weighted by atomic mass is 9.91. The highest BCUT2D eigenvalue weighted by molar-refractivity contribution is 6.19. The third kappa shape index (κ3) is 2.31. The fraction of sp³-hybridized carbons (Fsp3) is 0.300. The van der Waals surface area contributed by atoms with Crippen molar-refractivity contribution in [3.05, 3.63) is 39.7 Å². The Morgan fingerprint density at radius 2 is 1.85 bits per heavy atom. The van der Waals surface area contributed by atoms with Gasteiger partial charge in [0.2, 0.25) is 0 Å². The molecule has 0 fully saturated rings. The number of phenolic OH excluding ortho intramolecular Hbond substituents is 1. The number of hydrogen-bond donors (Lipinski definition) is 1. The molecule has 2 aromatic carbocycles. The Balaban J connectivity index is 2.33. The fourth-order valence-electron chi connectivity index (χ4n) is 3.79. The van der Waals surface area contributed by atoms with Crippen LogP contribution in [0.5, 0.6) is 17.2 Å². The number of methoxy groups -OCH3 is 2. The highest BCUT2D eigenvalue weighted by Crippen LogP contribution is 2.44. The van der Waals surface area contributed by atoms with Gasteiger partial charge in [0.1, 0.15) is 0 Å². The summed E-state index contributed by atoms with van der Waals surface area (Å²) < 4.78 is 16.5. The average molecular weight is 370 g/mol. The molecule has 0 radical (unpaired) electrons. The highest BCUT2D eigenvalue weighted by atomic mass is 16.5. The van der Waals surface area contributed by atoms with E-state index in [1.165, 1.54) is 20.3 Å². The van der Waals surface area contributed by atoms with E-state index in [1.54, 1.807) is 12.1 Å². The number of likely N-dealkylation sites (N-methyl/N-ethyl adjacent to an activating group) is 1. The van der Waals surface area contributed by atoms with Gasteiger partial charge < -0.3 is 19.0 Å². The molecular formula is C20H20NO6+. The number of phenols is 1. The van der Waals surface area contributed by atoms with E-state index in [4.69, 9.17) is 13.9 Å². The molecule has 1 aliphatic heterocycles. The van der Waals surface area contributed by atoms with Gasteiger partial charge in [-0.15, -0.1) is 0 Å². The average Bonchev–Trinajstić information content (AvgIpc) is 2.64. The molecule has 1 aromatic heterocycles. The summed E-state index contributed by atoms with van der Waals surface area (Å²) in [4.78, 5) is 25.8. The first-order valence-corrected chi connectivity index (χ1v) is 8.54. The van der Waals surface area contributed by atoms with Crippen LogP contribution in [0, 0.1) is 0 Å². The predicted molar refractivity (Wildman–Crippen MR) is 99.8 cm³/mol. The zero-order valence-corrected chi connectivity index (χ0v) is 15.6. The minimum absolute atomic E-state index is 0.0203. The Kier molecular flexibility index (Phi) is 3.68. The van der Waals surface area contributed by atoms with Crippen molar-refractivity contribution in [3.63, 3.8) is 0 Å². The van der Waals surface area contributed by atoms with E-state index in [0.717, 1.165) is 5.56 Å². The molecule has 27 heavy (non-hydrogen) atoms. The van der Waals surface area contributed by atoms with Crippen molar-refractivity contribution in [1.82, 2.24) is 0 Å². The lowest BCUT2D eigenvalue weighted by Gasteiger charge is -2.32. The fourth-order valence-corrected chi connectivity index (χ4v) is 3.79. The molecule has 1 amide bonds. The van der Waals surface area contributed by atoms with Crippen LogP contribution < -0.4 is 15.1 Å². The zero-order chi connectivity index (χ0) is 19.5. The normalized spacial score (nSPS) is 15.8. The van der Waals surface area contributed by atoms with Gasteiger partial charge in [0, 0.05) is 11.8 Å². The molecule has 0 saturated carbocycles. The number of benzene rings is 2. The molecule has 4 rings (SSSR count). The van der Waals surface area contributed by atoms with Crippen molar-refractivity contribution >= 4 is 27.6 Å². The smallest absolute Gasteiger partial charge is 0.346 e. The zero-order valence-electron chi connectivity index (χ0n) is 15.6. The van der Waals surface area contributed by atoms with Gasteiger partial charge in [0.15, 0.2) is 22.8 Å². The summed E-state index contributed by atoms with van der Waals surface area (Å²) in [7, 11) is 6.64. The molecule has 0 aliphatic carbocycles. The maximum atomic E-state index is 13.2. The number of ether oxygens (including phenoxy) is 2. The second-order valence-corrected chi connectivity index (χ2v) is 7.21. The van der Waals surface area contributed by atoms with E-state index in [1.807, 2.05) is 14.1 Å². The van der Waals surface area contributed by atoms with Gasteiger partial charge in [0.25, 0.3) is 0 Å². The van der Waals surface area contributed by atoms with Gasteiger partial charge in [-0.2, -0.15) is 0 Å². The molecule has 2 heterocycles. The van der Waals surface area contributed by atoms with E-state index in [-0.39, 0.29) is 27.1 Å². The standard InChI is InChI=1S/C20H19NO6/c1-21(2)8-7-10-9-12(22)17-16(14(10)19(21)23)15-11(20(24)27-17)5-6-13(25-3)18(15)26-4/h5-6,9H,7-8H2,1-4H3/p+1. The van der Waals surface area contributed by atoms with Crippen LogP contribution in [0.4, 0.5) is 0 Å². The molecular weight excluding hydrogens is 350 g/mol. The van der Waals surface area contributed by atoms with Crippen LogP contribution in [-0.4, -0.2) is 50.4 Å². The number of aromatic hydroxyl groups is 1. The Labute approximate surface area is 154 Å². The van der Waals surface area contributed by atoms with E-state index >= 15 is 0 Å². The van der Waals surface area contributed by atoms with Crippen molar-refractivity contribution in [2.75, 3.05) is 34.9 Å². The van der Waals surface area contributed by atoms with Crippen molar-refractivity contribution in [2.45, 2.75) is 6.42 Å². The molecule has 0 atom stereocenters. The Hall–Kier alpha value is -3.06. The first-order chi connectivity index (χ1) is 12.8. The lowest BCUT2D eigenvalue weighted by molar-refractivity contribution is -0.808. The summed E-state index contributed by atoms with van der Waals surface area (Å²) >= 11 is 0. The number of carbonyl (C=O) groups excluding carboxylic acids is 1. The van der Waals surface area contributed by atoms with Crippen LogP contribution in [0.15, 0.2) is 27.4 Å². The maximum Gasteiger partial charge on any atom is 0.346 e. The largest absolute Gasteiger partial charge is 0.504 e. The van der Waals surface area contributed by atoms with E-state index in [9.17, 15) is 14.7 Å². The van der Waals surface area contributed by atoms with Crippen molar-refractivity contribution in [2.24, 2.45) is 0 Å². The topological polar surface area (TPSA) is 86.0 Å². The Bertz CT molecular complexity index is 1170. The minimum atomic E-state index is -0.620. The second-order valence-electron chi connectivity index (χ2n) is 7.21. The van der Waals surface area contributed by atoms with Gasteiger partial charge >= 0.3 is 11.5 Å². The number of nitrogens with zero attached hydrogens (tertiary/aromatic N) is 1. The van der Waals surface area contributed by atoms with E-state index in [0.29, 0.717) is 40.8 Å². The molecule has 0 saturated heterocycles. The van der Waals surface area contributed by atoms with Gasteiger partial charge in [-0.3, -0.25) is 4.48 Å². The number of fused-ring (bicyclic) bond motifs is 5. The number of amides is 1. The monoisotopic (exact) mass is 370 g/mol.